The van der Waals surface area contributed by atoms with Crippen molar-refractivity contribution in [3.63, 3.8) is 0 Å². The van der Waals surface area contributed by atoms with E-state index in [-0.39, 0.29) is 11.5 Å². The number of halogens is 1. The topological polar surface area (TPSA) is 66.4 Å². The number of anilines is 1. The standard InChI is InChI=1S/C15H12BrNO3/c16-9-10-1-3-11(4-2-10)14(18)17-13-7-5-12(6-8-13)15(19)20/h1-8H,9H2,(H,17,18)(H,19,20). The van der Waals surface area contributed by atoms with Crippen molar-refractivity contribution in [1.82, 2.24) is 0 Å². The molecule has 0 bridgehead atoms. The van der Waals surface area contributed by atoms with E-state index in [9.17, 15) is 9.59 Å². The number of carboxylic acid groups (broad SMARTS) is 1. The molecule has 0 fully saturated rings. The second kappa shape index (κ2) is 6.34. The van der Waals surface area contributed by atoms with Crippen LogP contribution in [0.15, 0.2) is 48.5 Å². The van der Waals surface area contributed by atoms with Crippen molar-refractivity contribution in [2.75, 3.05) is 5.32 Å². The fraction of sp³-hybridized carbons (Fsp3) is 0.0667. The van der Waals surface area contributed by atoms with E-state index < -0.39 is 5.97 Å². The Labute approximate surface area is 124 Å². The van der Waals surface area contributed by atoms with Crippen molar-refractivity contribution in [2.24, 2.45) is 0 Å². The fourth-order valence-electron chi connectivity index (χ4n) is 1.64. The van der Waals surface area contributed by atoms with Crippen molar-refractivity contribution in [3.8, 4) is 0 Å². The lowest BCUT2D eigenvalue weighted by Gasteiger charge is -2.06. The lowest BCUT2D eigenvalue weighted by atomic mass is 10.1. The molecule has 20 heavy (non-hydrogen) atoms. The van der Waals surface area contributed by atoms with Gasteiger partial charge in [-0.3, -0.25) is 4.79 Å². The lowest BCUT2D eigenvalue weighted by Crippen LogP contribution is -2.11. The molecule has 5 heteroatoms. The number of rotatable bonds is 4. The van der Waals surface area contributed by atoms with Gasteiger partial charge in [-0.15, -0.1) is 0 Å². The van der Waals surface area contributed by atoms with Gasteiger partial charge >= 0.3 is 5.97 Å². The van der Waals surface area contributed by atoms with Crippen molar-refractivity contribution >= 4 is 33.5 Å². The van der Waals surface area contributed by atoms with Gasteiger partial charge in [0.25, 0.3) is 5.91 Å². The lowest BCUT2D eigenvalue weighted by molar-refractivity contribution is 0.0696. The van der Waals surface area contributed by atoms with Crippen molar-refractivity contribution in [1.29, 1.82) is 0 Å². The normalized spacial score (nSPS) is 10.1. The largest absolute Gasteiger partial charge is 0.478 e. The highest BCUT2D eigenvalue weighted by Gasteiger charge is 2.07. The second-order valence-corrected chi connectivity index (χ2v) is 4.73. The number of benzene rings is 2. The van der Waals surface area contributed by atoms with Gasteiger partial charge in [-0.05, 0) is 42.0 Å². The highest BCUT2D eigenvalue weighted by molar-refractivity contribution is 9.08. The maximum Gasteiger partial charge on any atom is 0.335 e. The number of carbonyl (C=O) groups excluding carboxylic acids is 1. The third-order valence-electron chi connectivity index (χ3n) is 2.76. The molecule has 2 aromatic carbocycles. The van der Waals surface area contributed by atoms with Crippen LogP contribution in [0, 0.1) is 0 Å². The van der Waals surface area contributed by atoms with Crippen LogP contribution in [0.4, 0.5) is 5.69 Å². The molecule has 2 aromatic rings. The molecule has 0 aromatic heterocycles. The van der Waals surface area contributed by atoms with E-state index in [1.807, 2.05) is 12.1 Å². The van der Waals surface area contributed by atoms with E-state index >= 15 is 0 Å². The highest BCUT2D eigenvalue weighted by Crippen LogP contribution is 2.13. The Hall–Kier alpha value is -2.14. The van der Waals surface area contributed by atoms with Gasteiger partial charge < -0.3 is 10.4 Å². The van der Waals surface area contributed by atoms with Crippen LogP contribution in [-0.2, 0) is 5.33 Å². The summed E-state index contributed by atoms with van der Waals surface area (Å²) in [6.07, 6.45) is 0. The number of amides is 1. The van der Waals surface area contributed by atoms with Gasteiger partial charge in [-0.2, -0.15) is 0 Å². The molecular weight excluding hydrogens is 322 g/mol. The van der Waals surface area contributed by atoms with Crippen molar-refractivity contribution in [3.05, 3.63) is 65.2 Å². The number of nitrogens with one attached hydrogen (secondary N) is 1. The Morgan fingerprint density at radius 3 is 2.00 bits per heavy atom. The maximum atomic E-state index is 12.0. The van der Waals surface area contributed by atoms with E-state index in [0.717, 1.165) is 10.9 Å². The van der Waals surface area contributed by atoms with Gasteiger partial charge in [0, 0.05) is 16.6 Å². The van der Waals surface area contributed by atoms with Crippen LogP contribution < -0.4 is 5.32 Å². The average Bonchev–Trinajstić information content (AvgIpc) is 2.48. The number of aromatic carboxylic acids is 1. The quantitative estimate of drug-likeness (QED) is 0.841. The zero-order valence-electron chi connectivity index (χ0n) is 10.5. The van der Waals surface area contributed by atoms with Gasteiger partial charge in [-0.1, -0.05) is 28.1 Å². The summed E-state index contributed by atoms with van der Waals surface area (Å²) in [7, 11) is 0. The third kappa shape index (κ3) is 3.45. The van der Waals surface area contributed by atoms with Crippen LogP contribution in [-0.4, -0.2) is 17.0 Å². The minimum absolute atomic E-state index is 0.185. The van der Waals surface area contributed by atoms with Crippen molar-refractivity contribution in [2.45, 2.75) is 5.33 Å². The summed E-state index contributed by atoms with van der Waals surface area (Å²) in [4.78, 5) is 22.7. The highest BCUT2D eigenvalue weighted by atomic mass is 79.9. The van der Waals surface area contributed by atoms with Gasteiger partial charge in [-0.25, -0.2) is 4.79 Å². The Morgan fingerprint density at radius 1 is 0.950 bits per heavy atom. The van der Waals surface area contributed by atoms with E-state index in [0.29, 0.717) is 11.3 Å². The molecule has 0 saturated carbocycles. The molecule has 0 radical (unpaired) electrons. The van der Waals surface area contributed by atoms with Crippen LogP contribution in [0.2, 0.25) is 0 Å². The summed E-state index contributed by atoms with van der Waals surface area (Å²) in [6, 6.07) is 13.3. The smallest absolute Gasteiger partial charge is 0.335 e. The molecule has 0 unspecified atom stereocenters. The number of alkyl halides is 1. The molecule has 0 aliphatic rings. The minimum atomic E-state index is -0.992. The molecule has 0 aliphatic heterocycles. The minimum Gasteiger partial charge on any atom is -0.478 e. The summed E-state index contributed by atoms with van der Waals surface area (Å²) >= 11 is 3.34. The first-order valence-corrected chi connectivity index (χ1v) is 7.02. The maximum absolute atomic E-state index is 12.0. The molecule has 0 heterocycles. The molecule has 2 N–H and O–H groups in total. The Kier molecular flexibility index (Phi) is 4.53. The molecule has 2 rings (SSSR count). The zero-order chi connectivity index (χ0) is 14.5. The van der Waals surface area contributed by atoms with E-state index in [1.54, 1.807) is 24.3 Å². The molecule has 0 spiro atoms. The molecule has 1 amide bonds. The van der Waals surface area contributed by atoms with Gasteiger partial charge in [0.2, 0.25) is 0 Å². The van der Waals surface area contributed by atoms with Gasteiger partial charge in [0.05, 0.1) is 5.56 Å². The van der Waals surface area contributed by atoms with Crippen molar-refractivity contribution < 1.29 is 14.7 Å². The number of hydrogen-bond acceptors (Lipinski definition) is 2. The second-order valence-electron chi connectivity index (χ2n) is 4.17. The van der Waals surface area contributed by atoms with Crippen LogP contribution >= 0.6 is 15.9 Å². The molecule has 102 valence electrons. The SMILES string of the molecule is O=C(O)c1ccc(NC(=O)c2ccc(CBr)cc2)cc1. The average molecular weight is 334 g/mol. The monoisotopic (exact) mass is 333 g/mol. The Balaban J connectivity index is 2.08. The predicted molar refractivity (Wildman–Crippen MR) is 80.4 cm³/mol. The molecule has 4 nitrogen and oxygen atoms in total. The molecular formula is C15H12BrNO3. The Morgan fingerprint density at radius 2 is 1.50 bits per heavy atom. The summed E-state index contributed by atoms with van der Waals surface area (Å²) in [5.74, 6) is -1.22. The van der Waals surface area contributed by atoms with Gasteiger partial charge in [0.1, 0.15) is 0 Å². The zero-order valence-corrected chi connectivity index (χ0v) is 12.1. The number of carbonyl (C=O) groups is 2. The van der Waals surface area contributed by atoms with E-state index in [1.165, 1.54) is 12.1 Å². The molecule has 0 saturated heterocycles. The summed E-state index contributed by atoms with van der Waals surface area (Å²) in [5, 5.41) is 12.3. The number of carboxylic acids is 1. The van der Waals surface area contributed by atoms with Crippen LogP contribution in [0.3, 0.4) is 0 Å². The number of hydrogen-bond donors (Lipinski definition) is 2. The molecule has 0 aliphatic carbocycles. The first-order valence-electron chi connectivity index (χ1n) is 5.90. The van der Waals surface area contributed by atoms with Crippen LogP contribution in [0.1, 0.15) is 26.3 Å². The van der Waals surface area contributed by atoms with Crippen LogP contribution in [0.25, 0.3) is 0 Å². The third-order valence-corrected chi connectivity index (χ3v) is 3.41. The summed E-state index contributed by atoms with van der Waals surface area (Å²) in [5.41, 5.74) is 2.39. The van der Waals surface area contributed by atoms with Gasteiger partial charge in [0.15, 0.2) is 0 Å². The predicted octanol–water partition coefficient (Wildman–Crippen LogP) is 3.53. The fourth-order valence-corrected chi connectivity index (χ4v) is 2.02. The Bertz CT molecular complexity index is 621. The first kappa shape index (κ1) is 14.3. The van der Waals surface area contributed by atoms with E-state index in [4.69, 9.17) is 5.11 Å². The first-order chi connectivity index (χ1) is 9.60. The van der Waals surface area contributed by atoms with E-state index in [2.05, 4.69) is 21.2 Å². The van der Waals surface area contributed by atoms with Crippen LogP contribution in [0.5, 0.6) is 0 Å². The molecule has 0 atom stereocenters. The summed E-state index contributed by atoms with van der Waals surface area (Å²) in [6.45, 7) is 0. The summed E-state index contributed by atoms with van der Waals surface area (Å²) < 4.78 is 0.